The Hall–Kier alpha value is -1.96. The Kier molecular flexibility index (Phi) is 5.83. The van der Waals surface area contributed by atoms with Crippen LogP contribution in [-0.4, -0.2) is 53.1 Å². The molecule has 1 fully saturated rings. The summed E-state index contributed by atoms with van der Waals surface area (Å²) in [4.78, 5) is 2.37. The van der Waals surface area contributed by atoms with Gasteiger partial charge in [0.1, 0.15) is 0 Å². The molecule has 1 saturated heterocycles. The van der Waals surface area contributed by atoms with Crippen LogP contribution in [0.1, 0.15) is 5.56 Å². The van der Waals surface area contributed by atoms with Crippen LogP contribution in [-0.2, 0) is 10.0 Å². The van der Waals surface area contributed by atoms with Gasteiger partial charge in [-0.25, -0.2) is 8.42 Å². The summed E-state index contributed by atoms with van der Waals surface area (Å²) in [5, 5.41) is 0.677. The molecule has 0 spiro atoms. The minimum Gasteiger partial charge on any atom is -0.493 e. The van der Waals surface area contributed by atoms with Crippen molar-refractivity contribution in [3.63, 3.8) is 0 Å². The highest BCUT2D eigenvalue weighted by atomic mass is 35.5. The zero-order valence-electron chi connectivity index (χ0n) is 15.6. The molecule has 0 N–H and O–H groups in total. The fourth-order valence-electron chi connectivity index (χ4n) is 3.22. The maximum absolute atomic E-state index is 13.0. The van der Waals surface area contributed by atoms with Gasteiger partial charge in [-0.05, 0) is 36.8 Å². The second-order valence-electron chi connectivity index (χ2n) is 6.34. The van der Waals surface area contributed by atoms with E-state index in [4.69, 9.17) is 21.1 Å². The average molecular weight is 411 g/mol. The van der Waals surface area contributed by atoms with Crippen LogP contribution in [0.25, 0.3) is 0 Å². The highest BCUT2D eigenvalue weighted by Gasteiger charge is 2.29. The number of ether oxygens (including phenoxy) is 2. The summed E-state index contributed by atoms with van der Waals surface area (Å²) in [7, 11) is -0.595. The predicted molar refractivity (Wildman–Crippen MR) is 107 cm³/mol. The molecular weight excluding hydrogens is 388 g/mol. The Balaban J connectivity index is 1.78. The summed E-state index contributed by atoms with van der Waals surface area (Å²) in [6, 6.07) is 10.4. The molecule has 146 valence electrons. The zero-order chi connectivity index (χ0) is 19.6. The molecule has 0 atom stereocenters. The molecule has 0 amide bonds. The van der Waals surface area contributed by atoms with Crippen LogP contribution in [0.2, 0.25) is 5.02 Å². The molecule has 0 aromatic heterocycles. The molecule has 2 aromatic rings. The number of aryl methyl sites for hydroxylation is 1. The SMILES string of the molecule is COc1ccc(S(=O)(=O)N2CCN(c3cc(Cl)ccc3C)CC2)cc1OC. The number of hydrogen-bond acceptors (Lipinski definition) is 5. The predicted octanol–water partition coefficient (Wildman–Crippen LogP) is 3.18. The number of rotatable bonds is 5. The van der Waals surface area contributed by atoms with E-state index in [1.165, 1.54) is 24.6 Å². The van der Waals surface area contributed by atoms with Crippen molar-refractivity contribution in [3.8, 4) is 11.5 Å². The number of halogens is 1. The molecular formula is C19H23ClN2O4S. The average Bonchev–Trinajstić information content (AvgIpc) is 2.69. The fourth-order valence-corrected chi connectivity index (χ4v) is 4.82. The van der Waals surface area contributed by atoms with Gasteiger partial charge in [-0.1, -0.05) is 17.7 Å². The van der Waals surface area contributed by atoms with Crippen LogP contribution in [0.4, 0.5) is 5.69 Å². The number of anilines is 1. The number of hydrogen-bond donors (Lipinski definition) is 0. The van der Waals surface area contributed by atoms with Gasteiger partial charge in [-0.3, -0.25) is 0 Å². The lowest BCUT2D eigenvalue weighted by Crippen LogP contribution is -2.48. The normalized spacial score (nSPS) is 15.6. The Morgan fingerprint density at radius 2 is 1.59 bits per heavy atom. The Morgan fingerprint density at radius 1 is 0.926 bits per heavy atom. The summed E-state index contributed by atoms with van der Waals surface area (Å²) in [6.07, 6.45) is 0. The first kappa shape index (κ1) is 19.8. The molecule has 27 heavy (non-hydrogen) atoms. The highest BCUT2D eigenvalue weighted by molar-refractivity contribution is 7.89. The first-order chi connectivity index (χ1) is 12.9. The minimum absolute atomic E-state index is 0.201. The monoisotopic (exact) mass is 410 g/mol. The van der Waals surface area contributed by atoms with Gasteiger partial charge in [0.15, 0.2) is 11.5 Å². The Labute approximate surface area is 165 Å². The minimum atomic E-state index is -3.60. The molecule has 0 aliphatic carbocycles. The van der Waals surface area contributed by atoms with Crippen LogP contribution < -0.4 is 14.4 Å². The van der Waals surface area contributed by atoms with Crippen LogP contribution in [0.15, 0.2) is 41.3 Å². The third-order valence-electron chi connectivity index (χ3n) is 4.74. The molecule has 6 nitrogen and oxygen atoms in total. The number of piperazine rings is 1. The second kappa shape index (κ2) is 7.96. The summed E-state index contributed by atoms with van der Waals surface area (Å²) >= 11 is 6.12. The molecule has 1 aliphatic heterocycles. The van der Waals surface area contributed by atoms with Crippen molar-refractivity contribution in [1.29, 1.82) is 0 Å². The summed E-state index contributed by atoms with van der Waals surface area (Å²) < 4.78 is 37.9. The van der Waals surface area contributed by atoms with E-state index in [2.05, 4.69) is 4.90 Å². The summed E-state index contributed by atoms with van der Waals surface area (Å²) in [6.45, 7) is 4.05. The largest absolute Gasteiger partial charge is 0.493 e. The number of methoxy groups -OCH3 is 2. The maximum atomic E-state index is 13.0. The van der Waals surface area contributed by atoms with Gasteiger partial charge in [0.05, 0.1) is 19.1 Å². The fraction of sp³-hybridized carbons (Fsp3) is 0.368. The highest BCUT2D eigenvalue weighted by Crippen LogP contribution is 2.31. The lowest BCUT2D eigenvalue weighted by Gasteiger charge is -2.36. The molecule has 0 bridgehead atoms. The Morgan fingerprint density at radius 3 is 2.22 bits per heavy atom. The van der Waals surface area contributed by atoms with Gasteiger partial charge in [0.25, 0.3) is 0 Å². The van der Waals surface area contributed by atoms with E-state index >= 15 is 0 Å². The summed E-state index contributed by atoms with van der Waals surface area (Å²) in [5.74, 6) is 0.893. The van der Waals surface area contributed by atoms with Gasteiger partial charge in [-0.15, -0.1) is 0 Å². The van der Waals surface area contributed by atoms with Crippen molar-refractivity contribution in [2.75, 3.05) is 45.3 Å². The number of nitrogens with zero attached hydrogens (tertiary/aromatic N) is 2. The molecule has 0 radical (unpaired) electrons. The molecule has 0 unspecified atom stereocenters. The molecule has 1 heterocycles. The standard InChI is InChI=1S/C19H23ClN2O4S/c1-14-4-5-15(20)12-17(14)21-8-10-22(11-9-21)27(23,24)16-6-7-18(25-2)19(13-16)26-3/h4-7,12-13H,8-11H2,1-3H3. The van der Waals surface area contributed by atoms with Crippen molar-refractivity contribution < 1.29 is 17.9 Å². The molecule has 0 saturated carbocycles. The van der Waals surface area contributed by atoms with Gasteiger partial charge in [0.2, 0.25) is 10.0 Å². The van der Waals surface area contributed by atoms with Gasteiger partial charge in [-0.2, -0.15) is 4.31 Å². The lowest BCUT2D eigenvalue weighted by molar-refractivity contribution is 0.353. The van der Waals surface area contributed by atoms with Crippen molar-refractivity contribution in [3.05, 3.63) is 47.0 Å². The van der Waals surface area contributed by atoms with Gasteiger partial charge in [0, 0.05) is 43.0 Å². The number of benzene rings is 2. The third-order valence-corrected chi connectivity index (χ3v) is 6.87. The third kappa shape index (κ3) is 4.00. The Bertz CT molecular complexity index is 925. The van der Waals surface area contributed by atoms with Crippen LogP contribution >= 0.6 is 11.6 Å². The molecule has 2 aromatic carbocycles. The van der Waals surface area contributed by atoms with E-state index in [-0.39, 0.29) is 4.90 Å². The lowest BCUT2D eigenvalue weighted by atomic mass is 10.1. The second-order valence-corrected chi connectivity index (χ2v) is 8.71. The van der Waals surface area contributed by atoms with E-state index < -0.39 is 10.0 Å². The van der Waals surface area contributed by atoms with Crippen molar-refractivity contribution in [2.45, 2.75) is 11.8 Å². The van der Waals surface area contributed by atoms with Crippen molar-refractivity contribution >= 4 is 27.3 Å². The first-order valence-electron chi connectivity index (χ1n) is 8.60. The smallest absolute Gasteiger partial charge is 0.243 e. The number of sulfonamides is 1. The molecule has 3 rings (SSSR count). The maximum Gasteiger partial charge on any atom is 0.243 e. The van der Waals surface area contributed by atoms with Crippen molar-refractivity contribution in [1.82, 2.24) is 4.31 Å². The first-order valence-corrected chi connectivity index (χ1v) is 10.4. The summed E-state index contributed by atoms with van der Waals surface area (Å²) in [5.41, 5.74) is 2.17. The van der Waals surface area contributed by atoms with E-state index in [1.54, 1.807) is 12.1 Å². The van der Waals surface area contributed by atoms with Crippen LogP contribution in [0, 0.1) is 6.92 Å². The molecule has 1 aliphatic rings. The van der Waals surface area contributed by atoms with Crippen LogP contribution in [0.3, 0.4) is 0 Å². The zero-order valence-corrected chi connectivity index (χ0v) is 17.2. The molecule has 8 heteroatoms. The van der Waals surface area contributed by atoms with Crippen LogP contribution in [0.5, 0.6) is 11.5 Å². The van der Waals surface area contributed by atoms with E-state index in [9.17, 15) is 8.42 Å². The van der Waals surface area contributed by atoms with E-state index in [1.807, 2.05) is 25.1 Å². The van der Waals surface area contributed by atoms with E-state index in [0.717, 1.165) is 11.3 Å². The van der Waals surface area contributed by atoms with Gasteiger partial charge >= 0.3 is 0 Å². The topological polar surface area (TPSA) is 59.1 Å². The quantitative estimate of drug-likeness (QED) is 0.757. The van der Waals surface area contributed by atoms with Gasteiger partial charge < -0.3 is 14.4 Å². The van der Waals surface area contributed by atoms with Crippen molar-refractivity contribution in [2.24, 2.45) is 0 Å². The van der Waals surface area contributed by atoms with E-state index in [0.29, 0.717) is 42.7 Å².